The number of aliphatic imine (C=N–C) groups is 1. The lowest BCUT2D eigenvalue weighted by atomic mass is 9.97. The first-order valence-electron chi connectivity index (χ1n) is 9.09. The van der Waals surface area contributed by atoms with Crippen LogP contribution in [0.2, 0.25) is 0 Å². The summed E-state index contributed by atoms with van der Waals surface area (Å²) in [6.45, 7) is 11.0. The van der Waals surface area contributed by atoms with Crippen molar-refractivity contribution >= 4 is 29.9 Å². The summed E-state index contributed by atoms with van der Waals surface area (Å²) in [7, 11) is 0. The largest absolute Gasteiger partial charge is 0.357 e. The molecule has 0 aliphatic carbocycles. The van der Waals surface area contributed by atoms with Gasteiger partial charge in [0.1, 0.15) is 5.82 Å². The van der Waals surface area contributed by atoms with E-state index in [0.717, 1.165) is 25.6 Å². The molecule has 4 nitrogen and oxygen atoms in total. The molecule has 0 saturated carbocycles. The molecule has 1 atom stereocenters. The van der Waals surface area contributed by atoms with E-state index in [0.29, 0.717) is 24.1 Å². The summed E-state index contributed by atoms with van der Waals surface area (Å²) in [5.41, 5.74) is 0.623. The summed E-state index contributed by atoms with van der Waals surface area (Å²) in [5.74, 6) is 1.21. The van der Waals surface area contributed by atoms with E-state index in [-0.39, 0.29) is 29.8 Å². The summed E-state index contributed by atoms with van der Waals surface area (Å²) in [6.07, 6.45) is 2.51. The molecule has 2 rings (SSSR count). The second-order valence-electron chi connectivity index (χ2n) is 6.76. The van der Waals surface area contributed by atoms with Gasteiger partial charge in [0.05, 0.1) is 6.54 Å². The van der Waals surface area contributed by atoms with Gasteiger partial charge in [0.15, 0.2) is 5.96 Å². The first kappa shape index (κ1) is 22.2. The van der Waals surface area contributed by atoms with Crippen LogP contribution < -0.4 is 10.6 Å². The molecule has 6 heteroatoms. The molecule has 0 bridgehead atoms. The lowest BCUT2D eigenvalue weighted by Gasteiger charge is -2.35. The van der Waals surface area contributed by atoms with Gasteiger partial charge in [-0.05, 0) is 52.1 Å². The predicted octanol–water partition coefficient (Wildman–Crippen LogP) is 3.62. The molecule has 142 valence electrons. The highest BCUT2D eigenvalue weighted by Crippen LogP contribution is 2.17. The fraction of sp³-hybridized carbons (Fsp3) is 0.632. The monoisotopic (exact) mass is 462 g/mol. The van der Waals surface area contributed by atoms with Gasteiger partial charge in [-0.1, -0.05) is 18.2 Å². The summed E-state index contributed by atoms with van der Waals surface area (Å²) < 4.78 is 13.7. The maximum atomic E-state index is 13.7. The number of guanidine groups is 1. The number of benzene rings is 1. The second kappa shape index (κ2) is 11.7. The molecule has 0 amide bonds. The fourth-order valence-corrected chi connectivity index (χ4v) is 3.11. The van der Waals surface area contributed by atoms with E-state index in [2.05, 4.69) is 34.4 Å². The van der Waals surface area contributed by atoms with Crippen molar-refractivity contribution in [2.75, 3.05) is 26.2 Å². The van der Waals surface area contributed by atoms with Crippen LogP contribution in [-0.2, 0) is 6.54 Å². The van der Waals surface area contributed by atoms with Gasteiger partial charge < -0.3 is 15.5 Å². The molecule has 0 radical (unpaired) electrons. The molecule has 1 aromatic carbocycles. The van der Waals surface area contributed by atoms with Crippen LogP contribution in [0.25, 0.3) is 0 Å². The molecule has 1 saturated heterocycles. The smallest absolute Gasteiger partial charge is 0.191 e. The van der Waals surface area contributed by atoms with E-state index in [9.17, 15) is 4.39 Å². The molecule has 2 N–H and O–H groups in total. The van der Waals surface area contributed by atoms with Crippen LogP contribution >= 0.6 is 24.0 Å². The summed E-state index contributed by atoms with van der Waals surface area (Å²) in [4.78, 5) is 7.06. The standard InChI is InChI=1S/C19H31FN4.HI/c1-4-21-19(23-13-17-9-5-6-10-18(17)20)22-12-16-8-7-11-24(14-16)15(2)3;/h5-6,9-10,15-16H,4,7-8,11-14H2,1-3H3,(H2,21,22,23);1H. The minimum Gasteiger partial charge on any atom is -0.357 e. The Labute approximate surface area is 168 Å². The molecular weight excluding hydrogens is 430 g/mol. The van der Waals surface area contributed by atoms with Crippen LogP contribution in [0.15, 0.2) is 29.3 Å². The Morgan fingerprint density at radius 2 is 2.08 bits per heavy atom. The van der Waals surface area contributed by atoms with Crippen LogP contribution in [-0.4, -0.2) is 43.1 Å². The number of rotatable bonds is 6. The molecule has 1 unspecified atom stereocenters. The number of halogens is 2. The van der Waals surface area contributed by atoms with Crippen LogP contribution in [0.3, 0.4) is 0 Å². The summed E-state index contributed by atoms with van der Waals surface area (Å²) in [6, 6.07) is 7.42. The Kier molecular flexibility index (Phi) is 10.3. The first-order valence-corrected chi connectivity index (χ1v) is 9.09. The van der Waals surface area contributed by atoms with Crippen molar-refractivity contribution < 1.29 is 4.39 Å². The molecule has 25 heavy (non-hydrogen) atoms. The number of likely N-dealkylation sites (tertiary alicyclic amines) is 1. The van der Waals surface area contributed by atoms with Gasteiger partial charge in [-0.2, -0.15) is 0 Å². The van der Waals surface area contributed by atoms with Gasteiger partial charge in [0, 0.05) is 31.2 Å². The van der Waals surface area contributed by atoms with Gasteiger partial charge >= 0.3 is 0 Å². The lowest BCUT2D eigenvalue weighted by molar-refractivity contribution is 0.141. The maximum Gasteiger partial charge on any atom is 0.191 e. The van der Waals surface area contributed by atoms with E-state index < -0.39 is 0 Å². The highest BCUT2D eigenvalue weighted by molar-refractivity contribution is 14.0. The molecule has 1 aliphatic rings. The van der Waals surface area contributed by atoms with Crippen LogP contribution in [0, 0.1) is 11.7 Å². The summed E-state index contributed by atoms with van der Waals surface area (Å²) >= 11 is 0. The van der Waals surface area contributed by atoms with E-state index in [1.807, 2.05) is 13.0 Å². The molecular formula is C19H32FIN4. The van der Waals surface area contributed by atoms with Gasteiger partial charge in [0.25, 0.3) is 0 Å². The Balaban J connectivity index is 0.00000312. The predicted molar refractivity (Wildman–Crippen MR) is 114 cm³/mol. The quantitative estimate of drug-likeness (QED) is 0.386. The number of hydrogen-bond donors (Lipinski definition) is 2. The number of hydrogen-bond acceptors (Lipinski definition) is 2. The molecule has 1 aromatic rings. The minimum atomic E-state index is -0.197. The van der Waals surface area contributed by atoms with E-state index >= 15 is 0 Å². The van der Waals surface area contributed by atoms with Crippen LogP contribution in [0.4, 0.5) is 4.39 Å². The average Bonchev–Trinajstić information content (AvgIpc) is 2.59. The van der Waals surface area contributed by atoms with E-state index in [1.54, 1.807) is 12.1 Å². The van der Waals surface area contributed by atoms with Crippen molar-refractivity contribution in [2.24, 2.45) is 10.9 Å². The van der Waals surface area contributed by atoms with Crippen molar-refractivity contribution in [3.63, 3.8) is 0 Å². The average molecular weight is 462 g/mol. The molecule has 0 aromatic heterocycles. The minimum absolute atomic E-state index is 0. The number of nitrogens with zero attached hydrogens (tertiary/aromatic N) is 2. The van der Waals surface area contributed by atoms with Crippen molar-refractivity contribution in [1.29, 1.82) is 0 Å². The Morgan fingerprint density at radius 3 is 2.76 bits per heavy atom. The fourth-order valence-electron chi connectivity index (χ4n) is 3.11. The maximum absolute atomic E-state index is 13.7. The third-order valence-corrected chi connectivity index (χ3v) is 4.55. The van der Waals surface area contributed by atoms with Gasteiger partial charge in [-0.15, -0.1) is 24.0 Å². The lowest BCUT2D eigenvalue weighted by Crippen LogP contribution is -2.46. The summed E-state index contributed by atoms with van der Waals surface area (Å²) in [5, 5.41) is 6.68. The topological polar surface area (TPSA) is 39.7 Å². The van der Waals surface area contributed by atoms with Crippen LogP contribution in [0.5, 0.6) is 0 Å². The van der Waals surface area contributed by atoms with Crippen molar-refractivity contribution in [3.8, 4) is 0 Å². The molecule has 0 spiro atoms. The van der Waals surface area contributed by atoms with Gasteiger partial charge in [-0.3, -0.25) is 0 Å². The SMILES string of the molecule is CCNC(=NCc1ccccc1F)NCC1CCCN(C(C)C)C1.I. The number of piperidine rings is 1. The molecule has 1 heterocycles. The van der Waals surface area contributed by atoms with Crippen LogP contribution in [0.1, 0.15) is 39.2 Å². The van der Waals surface area contributed by atoms with Crippen molar-refractivity contribution in [1.82, 2.24) is 15.5 Å². The zero-order valence-electron chi connectivity index (χ0n) is 15.6. The van der Waals surface area contributed by atoms with Gasteiger partial charge in [0.2, 0.25) is 0 Å². The van der Waals surface area contributed by atoms with Gasteiger partial charge in [-0.25, -0.2) is 9.38 Å². The molecule has 1 aliphatic heterocycles. The third-order valence-electron chi connectivity index (χ3n) is 4.55. The Bertz CT molecular complexity index is 536. The zero-order valence-corrected chi connectivity index (χ0v) is 17.9. The van der Waals surface area contributed by atoms with E-state index in [1.165, 1.54) is 25.5 Å². The van der Waals surface area contributed by atoms with Crippen molar-refractivity contribution in [3.05, 3.63) is 35.6 Å². The Hall–Kier alpha value is -0.890. The highest BCUT2D eigenvalue weighted by Gasteiger charge is 2.21. The molecule has 1 fully saturated rings. The Morgan fingerprint density at radius 1 is 1.32 bits per heavy atom. The van der Waals surface area contributed by atoms with Crippen molar-refractivity contribution in [2.45, 2.75) is 46.2 Å². The normalized spacial score (nSPS) is 18.8. The van der Waals surface area contributed by atoms with E-state index in [4.69, 9.17) is 0 Å². The highest BCUT2D eigenvalue weighted by atomic mass is 127. The zero-order chi connectivity index (χ0) is 17.4. The third kappa shape index (κ3) is 7.48. The number of nitrogens with one attached hydrogen (secondary N) is 2. The first-order chi connectivity index (χ1) is 11.6. The second-order valence-corrected chi connectivity index (χ2v) is 6.76.